The highest BCUT2D eigenvalue weighted by Gasteiger charge is 2.20. The van der Waals surface area contributed by atoms with Crippen LogP contribution in [0.2, 0.25) is 5.28 Å². The van der Waals surface area contributed by atoms with Gasteiger partial charge in [0, 0.05) is 55.2 Å². The number of rotatable bonds is 2. The third kappa shape index (κ3) is 3.24. The minimum absolute atomic E-state index is 0.313. The molecule has 3 aromatic rings. The molecule has 0 atom stereocenters. The Kier molecular flexibility index (Phi) is 4.17. The monoisotopic (exact) mass is 353 g/mol. The fourth-order valence-electron chi connectivity index (χ4n) is 3.37. The Bertz CT molecular complexity index is 899. The van der Waals surface area contributed by atoms with Crippen LogP contribution in [0.25, 0.3) is 10.9 Å². The highest BCUT2D eigenvalue weighted by Crippen LogP contribution is 2.27. The molecule has 1 aliphatic rings. The zero-order valence-electron chi connectivity index (χ0n) is 14.4. The first-order valence-corrected chi connectivity index (χ1v) is 8.84. The third-order valence-corrected chi connectivity index (χ3v) is 4.80. The molecule has 0 radical (unpaired) electrons. The van der Waals surface area contributed by atoms with E-state index >= 15 is 0 Å². The molecular formula is C19H20ClN5. The number of halogens is 1. The fourth-order valence-corrected chi connectivity index (χ4v) is 3.59. The number of aryl methyl sites for hydroxylation is 2. The molecule has 0 N–H and O–H groups in total. The first kappa shape index (κ1) is 16.1. The number of hydrogen-bond acceptors (Lipinski definition) is 5. The Morgan fingerprint density at radius 1 is 0.920 bits per heavy atom. The summed E-state index contributed by atoms with van der Waals surface area (Å²) in [6.07, 6.45) is 1.90. The Morgan fingerprint density at radius 2 is 1.68 bits per heavy atom. The van der Waals surface area contributed by atoms with Gasteiger partial charge in [-0.3, -0.25) is 4.98 Å². The molecule has 4 rings (SSSR count). The molecule has 1 aromatic carbocycles. The number of pyridine rings is 1. The van der Waals surface area contributed by atoms with E-state index in [1.165, 1.54) is 16.6 Å². The predicted octanol–water partition coefficient (Wildman–Crippen LogP) is 3.62. The van der Waals surface area contributed by atoms with Crippen LogP contribution in [-0.2, 0) is 0 Å². The molecule has 1 saturated heterocycles. The number of fused-ring (bicyclic) bond motifs is 1. The van der Waals surface area contributed by atoms with Crippen LogP contribution >= 0.6 is 11.6 Å². The first-order chi connectivity index (χ1) is 12.1. The summed E-state index contributed by atoms with van der Waals surface area (Å²) in [6, 6.07) is 10.6. The van der Waals surface area contributed by atoms with Crippen LogP contribution in [0.15, 0.2) is 36.5 Å². The fraction of sp³-hybridized carbons (Fsp3) is 0.316. The smallest absolute Gasteiger partial charge is 0.224 e. The summed E-state index contributed by atoms with van der Waals surface area (Å²) in [6.45, 7) is 7.73. The lowest BCUT2D eigenvalue weighted by molar-refractivity contribution is 0.647. The second kappa shape index (κ2) is 6.48. The minimum atomic E-state index is 0.313. The van der Waals surface area contributed by atoms with E-state index in [1.807, 2.05) is 19.2 Å². The summed E-state index contributed by atoms with van der Waals surface area (Å²) in [7, 11) is 0. The van der Waals surface area contributed by atoms with Gasteiger partial charge in [0.2, 0.25) is 5.28 Å². The van der Waals surface area contributed by atoms with Gasteiger partial charge < -0.3 is 9.80 Å². The maximum absolute atomic E-state index is 6.01. The molecule has 1 aliphatic heterocycles. The number of anilines is 2. The lowest BCUT2D eigenvalue weighted by Gasteiger charge is -2.37. The SMILES string of the molecule is Cc1ccc2c(N3CCN(c4cc(C)nc(Cl)n4)CC3)ccnc2c1. The van der Waals surface area contributed by atoms with Crippen molar-refractivity contribution in [1.29, 1.82) is 0 Å². The highest BCUT2D eigenvalue weighted by atomic mass is 35.5. The largest absolute Gasteiger partial charge is 0.367 e. The van der Waals surface area contributed by atoms with Gasteiger partial charge in [-0.25, -0.2) is 9.97 Å². The average Bonchev–Trinajstić information content (AvgIpc) is 2.60. The summed E-state index contributed by atoms with van der Waals surface area (Å²) < 4.78 is 0. The van der Waals surface area contributed by atoms with Crippen LogP contribution in [0.3, 0.4) is 0 Å². The van der Waals surface area contributed by atoms with Crippen molar-refractivity contribution in [3.05, 3.63) is 53.1 Å². The van der Waals surface area contributed by atoms with E-state index in [-0.39, 0.29) is 0 Å². The molecule has 25 heavy (non-hydrogen) atoms. The second-order valence-electron chi connectivity index (χ2n) is 6.46. The second-order valence-corrected chi connectivity index (χ2v) is 6.80. The van der Waals surface area contributed by atoms with Gasteiger partial charge in [0.15, 0.2) is 0 Å². The van der Waals surface area contributed by atoms with Crippen molar-refractivity contribution in [3.63, 3.8) is 0 Å². The standard InChI is InChI=1S/C19H20ClN5/c1-13-3-4-15-16(11-13)21-6-5-17(15)24-7-9-25(10-8-24)18-12-14(2)22-19(20)23-18/h3-6,11-12H,7-10H2,1-2H3. The van der Waals surface area contributed by atoms with Crippen LogP contribution in [0.5, 0.6) is 0 Å². The molecule has 128 valence electrons. The van der Waals surface area contributed by atoms with Crippen molar-refractivity contribution < 1.29 is 0 Å². The summed E-state index contributed by atoms with van der Waals surface area (Å²) in [4.78, 5) is 17.7. The number of hydrogen-bond donors (Lipinski definition) is 0. The average molecular weight is 354 g/mol. The quantitative estimate of drug-likeness (QED) is 0.658. The lowest BCUT2D eigenvalue weighted by Crippen LogP contribution is -2.47. The number of piperazine rings is 1. The molecule has 0 aliphatic carbocycles. The molecule has 0 bridgehead atoms. The van der Waals surface area contributed by atoms with Crippen molar-refractivity contribution in [1.82, 2.24) is 15.0 Å². The molecule has 1 fully saturated rings. The van der Waals surface area contributed by atoms with Gasteiger partial charge in [-0.05, 0) is 43.1 Å². The third-order valence-electron chi connectivity index (χ3n) is 4.63. The van der Waals surface area contributed by atoms with Gasteiger partial charge in [-0.1, -0.05) is 12.1 Å². The maximum atomic E-state index is 6.01. The van der Waals surface area contributed by atoms with Gasteiger partial charge in [-0.15, -0.1) is 0 Å². The zero-order valence-corrected chi connectivity index (χ0v) is 15.2. The Morgan fingerprint density at radius 3 is 2.44 bits per heavy atom. The zero-order chi connectivity index (χ0) is 17.4. The summed E-state index contributed by atoms with van der Waals surface area (Å²) in [5.74, 6) is 0.910. The van der Waals surface area contributed by atoms with Crippen LogP contribution < -0.4 is 9.80 Å². The molecule has 0 saturated carbocycles. The molecule has 6 heteroatoms. The van der Waals surface area contributed by atoms with E-state index < -0.39 is 0 Å². The predicted molar refractivity (Wildman–Crippen MR) is 103 cm³/mol. The molecule has 2 aromatic heterocycles. The number of benzene rings is 1. The van der Waals surface area contributed by atoms with E-state index in [2.05, 4.69) is 55.9 Å². The molecule has 0 spiro atoms. The first-order valence-electron chi connectivity index (χ1n) is 8.46. The van der Waals surface area contributed by atoms with Crippen molar-refractivity contribution in [2.75, 3.05) is 36.0 Å². The number of nitrogens with zero attached hydrogens (tertiary/aromatic N) is 5. The van der Waals surface area contributed by atoms with Crippen molar-refractivity contribution in [2.24, 2.45) is 0 Å². The molecule has 3 heterocycles. The van der Waals surface area contributed by atoms with E-state index in [0.717, 1.165) is 43.2 Å². The summed E-state index contributed by atoms with van der Waals surface area (Å²) in [5.41, 5.74) is 4.44. The topological polar surface area (TPSA) is 45.2 Å². The van der Waals surface area contributed by atoms with Crippen LogP contribution in [0.4, 0.5) is 11.5 Å². The Hall–Kier alpha value is -2.40. The summed E-state index contributed by atoms with van der Waals surface area (Å²) >= 11 is 6.01. The van der Waals surface area contributed by atoms with Gasteiger partial charge >= 0.3 is 0 Å². The van der Waals surface area contributed by atoms with Crippen LogP contribution in [-0.4, -0.2) is 41.1 Å². The van der Waals surface area contributed by atoms with Gasteiger partial charge in [0.25, 0.3) is 0 Å². The Labute approximate surface area is 152 Å². The van der Waals surface area contributed by atoms with Gasteiger partial charge in [0.05, 0.1) is 5.52 Å². The molecular weight excluding hydrogens is 334 g/mol. The lowest BCUT2D eigenvalue weighted by atomic mass is 10.1. The summed E-state index contributed by atoms with van der Waals surface area (Å²) in [5, 5.41) is 1.52. The van der Waals surface area contributed by atoms with Crippen LogP contribution in [0.1, 0.15) is 11.3 Å². The van der Waals surface area contributed by atoms with E-state index in [0.29, 0.717) is 5.28 Å². The molecule has 5 nitrogen and oxygen atoms in total. The molecule has 0 amide bonds. The van der Waals surface area contributed by atoms with E-state index in [9.17, 15) is 0 Å². The van der Waals surface area contributed by atoms with Crippen LogP contribution in [0, 0.1) is 13.8 Å². The van der Waals surface area contributed by atoms with E-state index in [1.54, 1.807) is 0 Å². The maximum Gasteiger partial charge on any atom is 0.224 e. The van der Waals surface area contributed by atoms with E-state index in [4.69, 9.17) is 11.6 Å². The Balaban J connectivity index is 1.56. The van der Waals surface area contributed by atoms with Crippen molar-refractivity contribution in [2.45, 2.75) is 13.8 Å². The van der Waals surface area contributed by atoms with Crippen molar-refractivity contribution in [3.8, 4) is 0 Å². The molecule has 0 unspecified atom stereocenters. The normalized spacial score (nSPS) is 15.0. The highest BCUT2D eigenvalue weighted by molar-refractivity contribution is 6.28. The van der Waals surface area contributed by atoms with Gasteiger partial charge in [0.1, 0.15) is 5.82 Å². The van der Waals surface area contributed by atoms with Crippen molar-refractivity contribution >= 4 is 34.0 Å². The number of aromatic nitrogens is 3. The minimum Gasteiger partial charge on any atom is -0.367 e. The van der Waals surface area contributed by atoms with Gasteiger partial charge in [-0.2, -0.15) is 0 Å².